The van der Waals surface area contributed by atoms with Crippen LogP contribution in [0.2, 0.25) is 0 Å². The lowest BCUT2D eigenvalue weighted by atomic mass is 10.0. The predicted octanol–water partition coefficient (Wildman–Crippen LogP) is 0.752. The first-order chi connectivity index (χ1) is 10.2. The van der Waals surface area contributed by atoms with Gasteiger partial charge in [-0.15, -0.1) is 0 Å². The van der Waals surface area contributed by atoms with Crippen molar-refractivity contribution in [1.29, 1.82) is 0 Å². The van der Waals surface area contributed by atoms with Crippen molar-refractivity contribution >= 4 is 17.3 Å². The Morgan fingerprint density at radius 1 is 1.10 bits per heavy atom. The fourth-order valence-corrected chi connectivity index (χ4v) is 2.42. The number of ether oxygens (including phenoxy) is 2. The molecular weight excluding hydrogens is 272 g/mol. The van der Waals surface area contributed by atoms with Crippen molar-refractivity contribution in [3.63, 3.8) is 0 Å². The summed E-state index contributed by atoms with van der Waals surface area (Å²) in [5, 5.41) is 18.2. The zero-order chi connectivity index (χ0) is 14.4. The topological polar surface area (TPSA) is 96.4 Å². The SMILES string of the molecule is NC1=N[NH+]([O-])c2cc(-c3ccc4c(c3)OCO4)ccc2N1. The zero-order valence-corrected chi connectivity index (χ0v) is 10.9. The number of quaternary nitrogens is 1. The monoisotopic (exact) mass is 284 g/mol. The van der Waals surface area contributed by atoms with Crippen LogP contribution in [0, 0.1) is 5.21 Å². The lowest BCUT2D eigenvalue weighted by Crippen LogP contribution is -2.98. The van der Waals surface area contributed by atoms with E-state index in [0.717, 1.165) is 16.9 Å². The van der Waals surface area contributed by atoms with E-state index < -0.39 is 0 Å². The largest absolute Gasteiger partial charge is 0.601 e. The zero-order valence-electron chi connectivity index (χ0n) is 10.9. The van der Waals surface area contributed by atoms with Gasteiger partial charge in [0.05, 0.1) is 0 Å². The number of fused-ring (bicyclic) bond motifs is 2. The van der Waals surface area contributed by atoms with Crippen LogP contribution >= 0.6 is 0 Å². The first-order valence-corrected chi connectivity index (χ1v) is 6.40. The minimum absolute atomic E-state index is 0.114. The van der Waals surface area contributed by atoms with E-state index in [-0.39, 0.29) is 17.9 Å². The number of nitrogens with zero attached hydrogens (tertiary/aromatic N) is 1. The second-order valence-electron chi connectivity index (χ2n) is 4.76. The molecule has 7 nitrogen and oxygen atoms in total. The van der Waals surface area contributed by atoms with E-state index in [1.54, 1.807) is 6.07 Å². The van der Waals surface area contributed by atoms with Gasteiger partial charge in [-0.3, -0.25) is 0 Å². The summed E-state index contributed by atoms with van der Waals surface area (Å²) in [6.45, 7) is 0.235. The maximum atomic E-state index is 11.9. The molecule has 2 aliphatic heterocycles. The Balaban J connectivity index is 1.76. The first kappa shape index (κ1) is 12.0. The third-order valence-electron chi connectivity index (χ3n) is 3.44. The molecule has 0 amide bonds. The van der Waals surface area contributed by atoms with E-state index in [0.29, 0.717) is 17.1 Å². The van der Waals surface area contributed by atoms with Gasteiger partial charge in [0.15, 0.2) is 17.2 Å². The highest BCUT2D eigenvalue weighted by molar-refractivity contribution is 5.96. The van der Waals surface area contributed by atoms with Gasteiger partial charge in [0, 0.05) is 6.07 Å². The van der Waals surface area contributed by atoms with E-state index in [9.17, 15) is 5.21 Å². The summed E-state index contributed by atoms with van der Waals surface area (Å²) in [5.74, 6) is 1.55. The number of nitrogens with two attached hydrogens (primary N) is 1. The van der Waals surface area contributed by atoms with Gasteiger partial charge >= 0.3 is 0 Å². The van der Waals surface area contributed by atoms with Gasteiger partial charge in [0.25, 0.3) is 5.96 Å². The van der Waals surface area contributed by atoms with Crippen molar-refractivity contribution in [2.75, 3.05) is 12.1 Å². The number of benzene rings is 2. The summed E-state index contributed by atoms with van der Waals surface area (Å²) >= 11 is 0. The second-order valence-corrected chi connectivity index (χ2v) is 4.76. The summed E-state index contributed by atoms with van der Waals surface area (Å²) in [6, 6.07) is 11.2. The van der Waals surface area contributed by atoms with Gasteiger partial charge in [-0.2, -0.15) is 0 Å². The number of anilines is 1. The Hall–Kier alpha value is -2.77. The summed E-state index contributed by atoms with van der Waals surface area (Å²) in [4.78, 5) is 0. The standard InChI is InChI=1S/C14H12N4O3/c15-14-16-10-3-1-8(5-11(10)18(19)17-14)9-2-4-12-13(6-9)21-7-20-12/h1-6,18H,7H2,(H3,15,16,17). The number of rotatable bonds is 1. The number of hydrogen-bond donors (Lipinski definition) is 3. The van der Waals surface area contributed by atoms with Crippen molar-refractivity contribution in [2.24, 2.45) is 10.8 Å². The normalized spacial score (nSPS) is 18.7. The molecule has 1 unspecified atom stereocenters. The lowest BCUT2D eigenvalue weighted by Gasteiger charge is -2.23. The molecule has 0 fully saturated rings. The average Bonchev–Trinajstić information content (AvgIpc) is 2.94. The highest BCUT2D eigenvalue weighted by Gasteiger charge is 2.19. The molecule has 2 aromatic carbocycles. The van der Waals surface area contributed by atoms with Crippen LogP contribution < -0.4 is 25.7 Å². The van der Waals surface area contributed by atoms with Gasteiger partial charge in [-0.25, -0.2) is 5.17 Å². The van der Waals surface area contributed by atoms with Crippen LogP contribution in [0.25, 0.3) is 11.1 Å². The molecule has 4 rings (SSSR count). The van der Waals surface area contributed by atoms with Crippen LogP contribution in [0.4, 0.5) is 11.4 Å². The fourth-order valence-electron chi connectivity index (χ4n) is 2.42. The fraction of sp³-hybridized carbons (Fsp3) is 0.0714. The number of hydrogen-bond acceptors (Lipinski definition) is 6. The third kappa shape index (κ3) is 1.95. The Labute approximate surface area is 120 Å². The third-order valence-corrected chi connectivity index (χ3v) is 3.44. The van der Waals surface area contributed by atoms with Crippen molar-refractivity contribution in [3.05, 3.63) is 41.6 Å². The molecule has 0 spiro atoms. The minimum Gasteiger partial charge on any atom is -0.601 e. The van der Waals surface area contributed by atoms with E-state index in [2.05, 4.69) is 10.4 Å². The lowest BCUT2D eigenvalue weighted by molar-refractivity contribution is -0.783. The molecule has 21 heavy (non-hydrogen) atoms. The highest BCUT2D eigenvalue weighted by atomic mass is 16.7. The van der Waals surface area contributed by atoms with Crippen LogP contribution in [0.1, 0.15) is 0 Å². The predicted molar refractivity (Wildman–Crippen MR) is 77.2 cm³/mol. The molecule has 0 bridgehead atoms. The van der Waals surface area contributed by atoms with E-state index >= 15 is 0 Å². The first-order valence-electron chi connectivity index (χ1n) is 6.40. The molecule has 0 aliphatic carbocycles. The quantitative estimate of drug-likeness (QED) is 0.672. The molecule has 0 saturated heterocycles. The molecule has 1 atom stereocenters. The smallest absolute Gasteiger partial charge is 0.252 e. The van der Waals surface area contributed by atoms with Gasteiger partial charge in [-0.1, -0.05) is 12.1 Å². The second kappa shape index (κ2) is 4.37. The molecule has 0 saturated carbocycles. The van der Waals surface area contributed by atoms with Gasteiger partial charge in [-0.05, 0) is 34.4 Å². The maximum Gasteiger partial charge on any atom is 0.252 e. The van der Waals surface area contributed by atoms with Crippen molar-refractivity contribution in [3.8, 4) is 22.6 Å². The summed E-state index contributed by atoms with van der Waals surface area (Å²) in [5.41, 5.74) is 8.54. The molecular formula is C14H12N4O3. The average molecular weight is 284 g/mol. The summed E-state index contributed by atoms with van der Waals surface area (Å²) in [6.07, 6.45) is 0. The van der Waals surface area contributed by atoms with Crippen LogP contribution in [-0.4, -0.2) is 12.8 Å². The Kier molecular flexibility index (Phi) is 2.50. The highest BCUT2D eigenvalue weighted by Crippen LogP contribution is 2.37. The van der Waals surface area contributed by atoms with E-state index in [4.69, 9.17) is 15.2 Å². The Bertz CT molecular complexity index is 760. The molecule has 106 valence electrons. The van der Waals surface area contributed by atoms with Crippen LogP contribution in [0.3, 0.4) is 0 Å². The van der Waals surface area contributed by atoms with Crippen LogP contribution in [0.5, 0.6) is 11.5 Å². The van der Waals surface area contributed by atoms with Crippen LogP contribution in [-0.2, 0) is 0 Å². The molecule has 2 aromatic rings. The molecule has 7 heteroatoms. The summed E-state index contributed by atoms with van der Waals surface area (Å²) in [7, 11) is 0. The van der Waals surface area contributed by atoms with E-state index in [1.165, 1.54) is 0 Å². The minimum atomic E-state index is -0.344. The van der Waals surface area contributed by atoms with E-state index in [1.807, 2.05) is 30.3 Å². The van der Waals surface area contributed by atoms with Gasteiger partial charge < -0.3 is 25.7 Å². The van der Waals surface area contributed by atoms with Crippen LogP contribution in [0.15, 0.2) is 41.5 Å². The summed E-state index contributed by atoms with van der Waals surface area (Å²) < 4.78 is 10.7. The van der Waals surface area contributed by atoms with Crippen molar-refractivity contribution in [2.45, 2.75) is 0 Å². The van der Waals surface area contributed by atoms with Crippen molar-refractivity contribution < 1.29 is 14.6 Å². The number of guanidine groups is 1. The maximum absolute atomic E-state index is 11.9. The molecule has 2 aliphatic rings. The molecule has 0 aromatic heterocycles. The Morgan fingerprint density at radius 3 is 2.76 bits per heavy atom. The van der Waals surface area contributed by atoms with Gasteiger partial charge in [0.2, 0.25) is 6.79 Å². The molecule has 4 N–H and O–H groups in total. The molecule has 2 heterocycles. The van der Waals surface area contributed by atoms with Gasteiger partial charge in [0.1, 0.15) is 5.69 Å². The molecule has 0 radical (unpaired) electrons. The Morgan fingerprint density at radius 2 is 1.86 bits per heavy atom. The van der Waals surface area contributed by atoms with Crippen molar-refractivity contribution in [1.82, 2.24) is 0 Å². The number of nitrogens with one attached hydrogen (secondary N) is 2.